The largest absolute Gasteiger partial charge is 0.394 e. The number of aliphatic hydroxyl groups is 4. The molecule has 1 aromatic carbocycles. The molecule has 2 aliphatic heterocycles. The number of thiocarbonyl (C=S) groups is 1. The van der Waals surface area contributed by atoms with Gasteiger partial charge in [-0.1, -0.05) is 54.3 Å². The third kappa shape index (κ3) is 3.49. The number of thioether (sulfide) groups is 1. The van der Waals surface area contributed by atoms with Gasteiger partial charge in [0.05, 0.1) is 11.5 Å². The van der Waals surface area contributed by atoms with Crippen LogP contribution in [0.2, 0.25) is 0 Å². The minimum atomic E-state index is -1.57. The first kappa shape index (κ1) is 18.5. The van der Waals surface area contributed by atoms with Gasteiger partial charge in [0.1, 0.15) is 24.4 Å². The molecule has 1 aromatic rings. The monoisotopic (exact) mass is 383 g/mol. The molecule has 2 fully saturated rings. The lowest BCUT2D eigenvalue weighted by molar-refractivity contribution is -0.252. The number of hydrogen-bond acceptors (Lipinski definition) is 8. The summed E-state index contributed by atoms with van der Waals surface area (Å²) in [4.78, 5) is 14.1. The molecule has 7 nitrogen and oxygen atoms in total. The first-order chi connectivity index (χ1) is 11.9. The van der Waals surface area contributed by atoms with Crippen molar-refractivity contribution >= 4 is 40.3 Å². The summed E-state index contributed by atoms with van der Waals surface area (Å²) in [7, 11) is 0. The summed E-state index contributed by atoms with van der Waals surface area (Å²) >= 11 is 6.27. The Morgan fingerprint density at radius 2 is 1.84 bits per heavy atom. The highest BCUT2D eigenvalue weighted by molar-refractivity contribution is 8.26. The highest BCUT2D eigenvalue weighted by atomic mass is 32.2. The Kier molecular flexibility index (Phi) is 5.54. The molecule has 1 amide bonds. The first-order valence-electron chi connectivity index (χ1n) is 7.56. The number of aliphatic hydroxyl groups excluding tert-OH is 4. The Morgan fingerprint density at radius 1 is 1.16 bits per heavy atom. The fourth-order valence-electron chi connectivity index (χ4n) is 2.70. The molecule has 0 bridgehead atoms. The predicted octanol–water partition coefficient (Wildman–Crippen LogP) is -0.312. The zero-order valence-electron chi connectivity index (χ0n) is 12.9. The second kappa shape index (κ2) is 7.50. The Hall–Kier alpha value is -1.33. The van der Waals surface area contributed by atoms with Crippen molar-refractivity contribution in [2.45, 2.75) is 30.6 Å². The maximum atomic E-state index is 12.7. The van der Waals surface area contributed by atoms with Gasteiger partial charge in [-0.25, -0.2) is 0 Å². The summed E-state index contributed by atoms with van der Waals surface area (Å²) in [6, 6.07) is 9.20. The van der Waals surface area contributed by atoms with Crippen molar-refractivity contribution in [1.82, 2.24) is 4.90 Å². The van der Waals surface area contributed by atoms with Crippen LogP contribution in [0.3, 0.4) is 0 Å². The van der Waals surface area contributed by atoms with Crippen LogP contribution in [0.25, 0.3) is 6.08 Å². The van der Waals surface area contributed by atoms with E-state index in [9.17, 15) is 25.2 Å². The smallest absolute Gasteiger partial charge is 0.268 e. The molecule has 9 heteroatoms. The van der Waals surface area contributed by atoms with Gasteiger partial charge in [-0.15, -0.1) is 0 Å². The minimum absolute atomic E-state index is 0.163. The second-order valence-electron chi connectivity index (χ2n) is 5.68. The lowest BCUT2D eigenvalue weighted by Crippen LogP contribution is -2.63. The third-order valence-electron chi connectivity index (χ3n) is 4.04. The molecule has 25 heavy (non-hydrogen) atoms. The molecule has 4 N–H and O–H groups in total. The summed E-state index contributed by atoms with van der Waals surface area (Å²) in [5.74, 6) is -0.469. The molecule has 0 saturated carbocycles. The summed E-state index contributed by atoms with van der Waals surface area (Å²) in [6.45, 7) is -0.573. The molecule has 2 saturated heterocycles. The summed E-state index contributed by atoms with van der Waals surface area (Å²) in [5, 5.41) is 39.2. The summed E-state index contributed by atoms with van der Waals surface area (Å²) in [6.07, 6.45) is -5.34. The quantitative estimate of drug-likeness (QED) is 0.416. The van der Waals surface area contributed by atoms with E-state index in [1.165, 1.54) is 0 Å². The number of carbonyl (C=O) groups is 1. The van der Waals surface area contributed by atoms with E-state index in [-0.39, 0.29) is 4.32 Å². The molecular weight excluding hydrogens is 366 g/mol. The molecule has 3 rings (SSSR count). The van der Waals surface area contributed by atoms with Gasteiger partial charge in [0.2, 0.25) is 0 Å². The first-order valence-corrected chi connectivity index (χ1v) is 8.79. The van der Waals surface area contributed by atoms with E-state index in [4.69, 9.17) is 17.0 Å². The van der Waals surface area contributed by atoms with Crippen molar-refractivity contribution < 1.29 is 30.0 Å². The van der Waals surface area contributed by atoms with Crippen molar-refractivity contribution in [2.75, 3.05) is 6.61 Å². The van der Waals surface area contributed by atoms with Gasteiger partial charge in [0, 0.05) is 0 Å². The van der Waals surface area contributed by atoms with Crippen molar-refractivity contribution in [3.8, 4) is 0 Å². The summed E-state index contributed by atoms with van der Waals surface area (Å²) < 4.78 is 5.58. The van der Waals surface area contributed by atoms with Crippen LogP contribution in [-0.4, -0.2) is 72.8 Å². The average Bonchev–Trinajstić information content (AvgIpc) is 2.88. The molecule has 0 aliphatic carbocycles. The average molecular weight is 383 g/mol. The van der Waals surface area contributed by atoms with Crippen LogP contribution in [0.5, 0.6) is 0 Å². The normalized spacial score (nSPS) is 34.8. The fraction of sp³-hybridized carbons (Fsp3) is 0.375. The van der Waals surface area contributed by atoms with Crippen molar-refractivity contribution in [3.05, 3.63) is 40.8 Å². The van der Waals surface area contributed by atoms with E-state index in [0.717, 1.165) is 22.2 Å². The highest BCUT2D eigenvalue weighted by Crippen LogP contribution is 2.37. The van der Waals surface area contributed by atoms with Crippen LogP contribution in [0.4, 0.5) is 0 Å². The third-order valence-corrected chi connectivity index (χ3v) is 5.37. The van der Waals surface area contributed by atoms with E-state index in [2.05, 4.69) is 0 Å². The Labute approximate surface area is 153 Å². The maximum absolute atomic E-state index is 12.7. The van der Waals surface area contributed by atoms with E-state index in [1.807, 2.05) is 30.3 Å². The van der Waals surface area contributed by atoms with Gasteiger partial charge in [0.15, 0.2) is 10.5 Å². The Bertz CT molecular complexity index is 695. The molecular formula is C16H17NO6S2. The van der Waals surface area contributed by atoms with Gasteiger partial charge in [-0.3, -0.25) is 9.69 Å². The Morgan fingerprint density at radius 3 is 2.48 bits per heavy atom. The van der Waals surface area contributed by atoms with E-state index in [0.29, 0.717) is 4.91 Å². The number of rotatable bonds is 3. The fourth-order valence-corrected chi connectivity index (χ4v) is 4.01. The zero-order chi connectivity index (χ0) is 18.1. The molecule has 134 valence electrons. The topological polar surface area (TPSA) is 110 Å². The van der Waals surface area contributed by atoms with Gasteiger partial charge in [-0.05, 0) is 11.6 Å². The molecule has 0 radical (unpaired) electrons. The number of ether oxygens (including phenoxy) is 1. The van der Waals surface area contributed by atoms with Crippen LogP contribution in [0, 0.1) is 0 Å². The van der Waals surface area contributed by atoms with Crippen LogP contribution in [-0.2, 0) is 9.53 Å². The highest BCUT2D eigenvalue weighted by Gasteiger charge is 2.50. The number of hydrogen-bond donors (Lipinski definition) is 4. The molecule has 0 spiro atoms. The lowest BCUT2D eigenvalue weighted by Gasteiger charge is -2.42. The Balaban J connectivity index is 1.86. The van der Waals surface area contributed by atoms with Crippen molar-refractivity contribution in [3.63, 3.8) is 0 Å². The van der Waals surface area contributed by atoms with Gasteiger partial charge in [-0.2, -0.15) is 0 Å². The van der Waals surface area contributed by atoms with Crippen LogP contribution in [0.15, 0.2) is 35.2 Å². The van der Waals surface area contributed by atoms with Gasteiger partial charge in [0.25, 0.3) is 5.91 Å². The number of amides is 1. The molecule has 5 atom stereocenters. The number of nitrogens with zero attached hydrogens (tertiary/aromatic N) is 1. The van der Waals surface area contributed by atoms with Crippen molar-refractivity contribution in [1.29, 1.82) is 0 Å². The van der Waals surface area contributed by atoms with Gasteiger partial charge >= 0.3 is 0 Å². The molecule has 5 unspecified atom stereocenters. The van der Waals surface area contributed by atoms with Crippen LogP contribution >= 0.6 is 24.0 Å². The van der Waals surface area contributed by atoms with Crippen LogP contribution < -0.4 is 0 Å². The van der Waals surface area contributed by atoms with E-state index in [1.54, 1.807) is 6.08 Å². The lowest BCUT2D eigenvalue weighted by atomic mass is 9.98. The number of benzene rings is 1. The molecule has 0 aromatic heterocycles. The van der Waals surface area contributed by atoms with Crippen LogP contribution in [0.1, 0.15) is 5.56 Å². The van der Waals surface area contributed by atoms with Crippen molar-refractivity contribution in [2.24, 2.45) is 0 Å². The van der Waals surface area contributed by atoms with Gasteiger partial charge < -0.3 is 25.2 Å². The van der Waals surface area contributed by atoms with E-state index < -0.39 is 43.2 Å². The predicted molar refractivity (Wildman–Crippen MR) is 95.2 cm³/mol. The standard InChI is InChI=1S/C16H17NO6S2/c18-7-9-11(19)12(20)13(21)15(23-9)17-14(22)10(25-16(17)24)6-8-4-2-1-3-5-8/h1-6,9,11-13,15,18-21H,7H2. The SMILES string of the molecule is O=C1C(=Cc2ccccc2)SC(=S)N1C1OC(CO)C(O)C(O)C1O. The molecule has 2 heterocycles. The minimum Gasteiger partial charge on any atom is -0.394 e. The van der Waals surface area contributed by atoms with E-state index >= 15 is 0 Å². The molecule has 2 aliphatic rings. The maximum Gasteiger partial charge on any atom is 0.268 e. The summed E-state index contributed by atoms with van der Waals surface area (Å²) in [5.41, 5.74) is 0.816. The second-order valence-corrected chi connectivity index (χ2v) is 7.36. The number of carbonyl (C=O) groups excluding carboxylic acids is 1. The zero-order valence-corrected chi connectivity index (χ0v) is 14.6.